The summed E-state index contributed by atoms with van der Waals surface area (Å²) in [5.74, 6) is -1.89. The first-order chi connectivity index (χ1) is 13.3. The zero-order valence-electron chi connectivity index (χ0n) is 15.2. The number of carbonyl (C=O) groups is 2. The molecular formula is C19H17FN4O4. The van der Waals surface area contributed by atoms with Crippen molar-refractivity contribution in [2.75, 3.05) is 19.4 Å². The number of hydrogen-bond acceptors (Lipinski definition) is 5. The Morgan fingerprint density at radius 1 is 1.11 bits per heavy atom. The zero-order chi connectivity index (χ0) is 20.3. The Morgan fingerprint density at radius 3 is 2.36 bits per heavy atom. The van der Waals surface area contributed by atoms with Gasteiger partial charge >= 0.3 is 5.76 Å². The minimum atomic E-state index is -0.804. The van der Waals surface area contributed by atoms with Gasteiger partial charge in [0.05, 0.1) is 0 Å². The van der Waals surface area contributed by atoms with Crippen molar-refractivity contribution in [2.24, 2.45) is 0 Å². The van der Waals surface area contributed by atoms with E-state index >= 15 is 0 Å². The summed E-state index contributed by atoms with van der Waals surface area (Å²) in [4.78, 5) is 37.4. The summed E-state index contributed by atoms with van der Waals surface area (Å²) < 4.78 is 18.9. The molecule has 144 valence electrons. The molecule has 8 nitrogen and oxygen atoms in total. The summed E-state index contributed by atoms with van der Waals surface area (Å²) in [6, 6.07) is 11.6. The predicted octanol–water partition coefficient (Wildman–Crippen LogP) is 1.98. The highest BCUT2D eigenvalue weighted by molar-refractivity contribution is 5.95. The lowest BCUT2D eigenvalue weighted by atomic mass is 10.2. The number of aromatic nitrogens is 2. The Kier molecular flexibility index (Phi) is 5.35. The SMILES string of the molecule is CN(C)C(=O)c1ccc(NC(=O)Cn2nc(-c3ccc(F)cc3)oc2=O)cc1. The predicted molar refractivity (Wildman–Crippen MR) is 99.2 cm³/mol. The Balaban J connectivity index is 1.67. The van der Waals surface area contributed by atoms with Gasteiger partial charge in [0.1, 0.15) is 12.4 Å². The van der Waals surface area contributed by atoms with Crippen molar-refractivity contribution in [2.45, 2.75) is 6.54 Å². The second-order valence-corrected chi connectivity index (χ2v) is 6.16. The minimum absolute atomic E-state index is 0.00986. The van der Waals surface area contributed by atoms with Gasteiger partial charge in [-0.15, -0.1) is 5.10 Å². The zero-order valence-corrected chi connectivity index (χ0v) is 15.2. The van der Waals surface area contributed by atoms with Crippen LogP contribution in [0.25, 0.3) is 11.5 Å². The monoisotopic (exact) mass is 384 g/mol. The normalized spacial score (nSPS) is 10.5. The van der Waals surface area contributed by atoms with Crippen molar-refractivity contribution in [1.82, 2.24) is 14.7 Å². The lowest BCUT2D eigenvalue weighted by molar-refractivity contribution is -0.117. The molecule has 0 fully saturated rings. The van der Waals surface area contributed by atoms with Gasteiger partial charge in [-0.25, -0.2) is 9.18 Å². The maximum atomic E-state index is 13.0. The highest BCUT2D eigenvalue weighted by atomic mass is 19.1. The van der Waals surface area contributed by atoms with Crippen LogP contribution in [-0.4, -0.2) is 40.6 Å². The first-order valence-electron chi connectivity index (χ1n) is 8.29. The largest absolute Gasteiger partial charge is 0.437 e. The van der Waals surface area contributed by atoms with Gasteiger partial charge in [0, 0.05) is 30.9 Å². The lowest BCUT2D eigenvalue weighted by Gasteiger charge is -2.10. The number of anilines is 1. The Labute approximate surface area is 159 Å². The second-order valence-electron chi connectivity index (χ2n) is 6.16. The summed E-state index contributed by atoms with van der Waals surface area (Å²) in [7, 11) is 3.29. The van der Waals surface area contributed by atoms with E-state index in [1.165, 1.54) is 29.2 Å². The molecule has 0 aliphatic carbocycles. The van der Waals surface area contributed by atoms with Crippen molar-refractivity contribution < 1.29 is 18.4 Å². The van der Waals surface area contributed by atoms with Crippen molar-refractivity contribution in [3.05, 3.63) is 70.5 Å². The Hall–Kier alpha value is -3.75. The third-order valence-electron chi connectivity index (χ3n) is 3.81. The van der Waals surface area contributed by atoms with E-state index in [1.807, 2.05) is 0 Å². The molecule has 1 heterocycles. The van der Waals surface area contributed by atoms with Crippen LogP contribution in [0.4, 0.5) is 10.1 Å². The Morgan fingerprint density at radius 2 is 1.75 bits per heavy atom. The van der Waals surface area contributed by atoms with E-state index in [-0.39, 0.29) is 18.3 Å². The topological polar surface area (TPSA) is 97.4 Å². The van der Waals surface area contributed by atoms with Crippen LogP contribution >= 0.6 is 0 Å². The van der Waals surface area contributed by atoms with E-state index in [0.717, 1.165) is 4.68 Å². The van der Waals surface area contributed by atoms with E-state index in [0.29, 0.717) is 16.8 Å². The average molecular weight is 384 g/mol. The summed E-state index contributed by atoms with van der Waals surface area (Å²) in [6.45, 7) is -0.359. The number of benzene rings is 2. The molecule has 1 N–H and O–H groups in total. The fourth-order valence-corrected chi connectivity index (χ4v) is 2.41. The molecule has 0 radical (unpaired) electrons. The maximum Gasteiger partial charge on any atom is 0.437 e. The van der Waals surface area contributed by atoms with Gasteiger partial charge in [-0.2, -0.15) is 4.68 Å². The number of halogens is 1. The summed E-state index contributed by atoms with van der Waals surface area (Å²) in [5, 5.41) is 6.57. The summed E-state index contributed by atoms with van der Waals surface area (Å²) in [5.41, 5.74) is 1.37. The lowest BCUT2D eigenvalue weighted by Crippen LogP contribution is -2.26. The smallest absolute Gasteiger partial charge is 0.388 e. The third-order valence-corrected chi connectivity index (χ3v) is 3.81. The van der Waals surface area contributed by atoms with Gasteiger partial charge in [-0.3, -0.25) is 9.59 Å². The highest BCUT2D eigenvalue weighted by Crippen LogP contribution is 2.16. The van der Waals surface area contributed by atoms with Crippen LogP contribution in [0, 0.1) is 5.82 Å². The van der Waals surface area contributed by atoms with Crippen LogP contribution in [0.15, 0.2) is 57.7 Å². The van der Waals surface area contributed by atoms with E-state index in [2.05, 4.69) is 10.4 Å². The average Bonchev–Trinajstić information content (AvgIpc) is 3.02. The van der Waals surface area contributed by atoms with Crippen molar-refractivity contribution in [1.29, 1.82) is 0 Å². The van der Waals surface area contributed by atoms with Crippen LogP contribution in [0.2, 0.25) is 0 Å². The third kappa shape index (κ3) is 4.32. The van der Waals surface area contributed by atoms with Crippen molar-refractivity contribution in [3.8, 4) is 11.5 Å². The molecule has 0 bridgehead atoms. The van der Waals surface area contributed by atoms with Gasteiger partial charge in [0.25, 0.3) is 5.91 Å². The number of amides is 2. The van der Waals surface area contributed by atoms with Gasteiger partial charge in [-0.1, -0.05) is 0 Å². The fourth-order valence-electron chi connectivity index (χ4n) is 2.41. The molecule has 28 heavy (non-hydrogen) atoms. The quantitative estimate of drug-likeness (QED) is 0.726. The van der Waals surface area contributed by atoms with Gasteiger partial charge < -0.3 is 14.6 Å². The second kappa shape index (κ2) is 7.87. The number of nitrogens with zero attached hydrogens (tertiary/aromatic N) is 3. The van der Waals surface area contributed by atoms with Crippen LogP contribution in [-0.2, 0) is 11.3 Å². The summed E-state index contributed by atoms with van der Waals surface area (Å²) >= 11 is 0. The number of nitrogens with one attached hydrogen (secondary N) is 1. The standard InChI is InChI=1S/C19H17FN4O4/c1-23(2)18(26)13-5-9-15(10-6-13)21-16(25)11-24-19(27)28-17(22-24)12-3-7-14(20)8-4-12/h3-10H,11H2,1-2H3,(H,21,25). The van der Waals surface area contributed by atoms with Gasteiger partial charge in [0.2, 0.25) is 11.8 Å². The Bertz CT molecular complexity index is 1050. The fraction of sp³-hybridized carbons (Fsp3) is 0.158. The number of carbonyl (C=O) groups excluding carboxylic acids is 2. The van der Waals surface area contributed by atoms with E-state index in [4.69, 9.17) is 4.42 Å². The molecule has 0 aliphatic heterocycles. The number of hydrogen-bond donors (Lipinski definition) is 1. The van der Waals surface area contributed by atoms with Crippen LogP contribution < -0.4 is 11.1 Å². The highest BCUT2D eigenvalue weighted by Gasteiger charge is 2.14. The molecular weight excluding hydrogens is 367 g/mol. The van der Waals surface area contributed by atoms with Gasteiger partial charge in [-0.05, 0) is 48.5 Å². The summed E-state index contributed by atoms with van der Waals surface area (Å²) in [6.07, 6.45) is 0. The first-order valence-corrected chi connectivity index (χ1v) is 8.29. The van der Waals surface area contributed by atoms with Gasteiger partial charge in [0.15, 0.2) is 0 Å². The molecule has 0 aliphatic rings. The molecule has 9 heteroatoms. The van der Waals surface area contributed by atoms with Crippen molar-refractivity contribution >= 4 is 17.5 Å². The molecule has 0 saturated carbocycles. The van der Waals surface area contributed by atoms with E-state index in [1.54, 1.807) is 38.4 Å². The minimum Gasteiger partial charge on any atom is -0.388 e. The van der Waals surface area contributed by atoms with Crippen molar-refractivity contribution in [3.63, 3.8) is 0 Å². The molecule has 3 rings (SSSR count). The molecule has 0 saturated heterocycles. The van der Waals surface area contributed by atoms with E-state index < -0.39 is 17.5 Å². The molecule has 2 aromatic carbocycles. The first kappa shape index (κ1) is 19.0. The van der Waals surface area contributed by atoms with Crippen LogP contribution in [0.1, 0.15) is 10.4 Å². The van der Waals surface area contributed by atoms with Crippen LogP contribution in [0.5, 0.6) is 0 Å². The molecule has 1 aromatic heterocycles. The van der Waals surface area contributed by atoms with E-state index in [9.17, 15) is 18.8 Å². The molecule has 0 unspecified atom stereocenters. The molecule has 3 aromatic rings. The number of rotatable bonds is 5. The molecule has 0 spiro atoms. The van der Waals surface area contributed by atoms with Crippen LogP contribution in [0.3, 0.4) is 0 Å². The molecule has 2 amide bonds. The maximum absolute atomic E-state index is 13.0. The molecule has 0 atom stereocenters.